The zero-order valence-corrected chi connectivity index (χ0v) is 11.6. The van der Waals surface area contributed by atoms with E-state index in [1.54, 1.807) is 11.3 Å². The molecule has 1 fully saturated rings. The summed E-state index contributed by atoms with van der Waals surface area (Å²) in [5.74, 6) is 0. The quantitative estimate of drug-likeness (QED) is 0.860. The van der Waals surface area contributed by atoms with Gasteiger partial charge in [-0.1, -0.05) is 6.92 Å². The molecule has 96 valence electrons. The first-order valence-electron chi connectivity index (χ1n) is 6.39. The first-order chi connectivity index (χ1) is 8.33. The van der Waals surface area contributed by atoms with Crippen molar-refractivity contribution >= 4 is 16.5 Å². The number of nitrogens with zero attached hydrogens (tertiary/aromatic N) is 3. The van der Waals surface area contributed by atoms with Crippen LogP contribution in [0.4, 0.5) is 5.13 Å². The highest BCUT2D eigenvalue weighted by atomic mass is 32.1. The van der Waals surface area contributed by atoms with Crippen LogP contribution in [0.15, 0.2) is 5.38 Å². The Hall–Kier alpha value is -0.650. The topological polar surface area (TPSA) is 31.4 Å². The number of piperazine rings is 1. The number of nitrogens with one attached hydrogen (secondary N) is 1. The maximum atomic E-state index is 4.66. The lowest BCUT2D eigenvalue weighted by Crippen LogP contribution is -2.46. The molecule has 0 saturated carbocycles. The molecule has 5 heteroatoms. The van der Waals surface area contributed by atoms with Gasteiger partial charge in [0, 0.05) is 38.1 Å². The molecule has 4 nitrogen and oxygen atoms in total. The molecule has 0 spiro atoms. The van der Waals surface area contributed by atoms with Gasteiger partial charge in [-0.15, -0.1) is 11.3 Å². The minimum absolute atomic E-state index is 0.867. The Morgan fingerprint density at radius 2 is 2.12 bits per heavy atom. The Bertz CT molecular complexity index is 331. The van der Waals surface area contributed by atoms with Gasteiger partial charge in [-0.3, -0.25) is 4.90 Å². The fourth-order valence-electron chi connectivity index (χ4n) is 2.18. The molecule has 1 aliphatic heterocycles. The van der Waals surface area contributed by atoms with Crippen molar-refractivity contribution in [3.05, 3.63) is 11.1 Å². The van der Waals surface area contributed by atoms with E-state index in [2.05, 4.69) is 32.4 Å². The molecule has 2 heterocycles. The SMILES string of the molecule is CCCN1CCN(c2nc(CNC)cs2)CC1. The average molecular weight is 254 g/mol. The zero-order chi connectivity index (χ0) is 12.1. The van der Waals surface area contributed by atoms with Crippen molar-refractivity contribution in [2.24, 2.45) is 0 Å². The van der Waals surface area contributed by atoms with Gasteiger partial charge in [-0.25, -0.2) is 4.98 Å². The molecule has 0 unspecified atom stereocenters. The third-order valence-electron chi connectivity index (χ3n) is 3.08. The first-order valence-corrected chi connectivity index (χ1v) is 7.27. The maximum absolute atomic E-state index is 4.66. The number of thiazole rings is 1. The summed E-state index contributed by atoms with van der Waals surface area (Å²) in [6, 6.07) is 0. The van der Waals surface area contributed by atoms with Crippen molar-refractivity contribution in [2.45, 2.75) is 19.9 Å². The number of hydrogen-bond acceptors (Lipinski definition) is 5. The molecule has 0 aliphatic carbocycles. The molecule has 17 heavy (non-hydrogen) atoms. The van der Waals surface area contributed by atoms with Gasteiger partial charge in [-0.2, -0.15) is 0 Å². The second kappa shape index (κ2) is 6.33. The number of anilines is 1. The molecule has 1 aromatic heterocycles. The minimum atomic E-state index is 0.867. The molecular weight excluding hydrogens is 232 g/mol. The Labute approximate surface area is 108 Å². The highest BCUT2D eigenvalue weighted by Crippen LogP contribution is 2.21. The fourth-order valence-corrected chi connectivity index (χ4v) is 3.06. The largest absolute Gasteiger partial charge is 0.346 e. The number of aromatic nitrogens is 1. The molecule has 0 amide bonds. The van der Waals surface area contributed by atoms with Crippen LogP contribution in [0.2, 0.25) is 0 Å². The molecule has 2 rings (SSSR count). The van der Waals surface area contributed by atoms with Crippen LogP contribution in [0.1, 0.15) is 19.0 Å². The van der Waals surface area contributed by atoms with E-state index in [1.165, 1.54) is 31.2 Å². The molecule has 0 atom stereocenters. The third-order valence-corrected chi connectivity index (χ3v) is 4.03. The summed E-state index contributed by atoms with van der Waals surface area (Å²) in [7, 11) is 1.96. The fraction of sp³-hybridized carbons (Fsp3) is 0.750. The lowest BCUT2D eigenvalue weighted by molar-refractivity contribution is 0.258. The average Bonchev–Trinajstić information content (AvgIpc) is 2.80. The highest BCUT2D eigenvalue weighted by Gasteiger charge is 2.18. The number of rotatable bonds is 5. The van der Waals surface area contributed by atoms with Crippen LogP contribution in [0.25, 0.3) is 0 Å². The first kappa shape index (κ1) is 12.8. The summed E-state index contributed by atoms with van der Waals surface area (Å²) in [5, 5.41) is 6.48. The maximum Gasteiger partial charge on any atom is 0.185 e. The smallest absolute Gasteiger partial charge is 0.185 e. The standard InChI is InChI=1S/C12H22N4S/c1-3-4-15-5-7-16(8-6-15)12-14-11(9-13-2)10-17-12/h10,13H,3-9H2,1-2H3. The molecule has 1 aromatic rings. The van der Waals surface area contributed by atoms with Crippen molar-refractivity contribution < 1.29 is 0 Å². The predicted molar refractivity (Wildman–Crippen MR) is 73.8 cm³/mol. The predicted octanol–water partition coefficient (Wildman–Crippen LogP) is 1.39. The summed E-state index contributed by atoms with van der Waals surface area (Å²) in [4.78, 5) is 9.61. The lowest BCUT2D eigenvalue weighted by atomic mass is 10.3. The van der Waals surface area contributed by atoms with Gasteiger partial charge in [0.15, 0.2) is 5.13 Å². The van der Waals surface area contributed by atoms with E-state index in [0.717, 1.165) is 25.3 Å². The van der Waals surface area contributed by atoms with Crippen LogP contribution in [-0.4, -0.2) is 49.7 Å². The van der Waals surface area contributed by atoms with Crippen LogP contribution < -0.4 is 10.2 Å². The normalized spacial score (nSPS) is 17.6. The van der Waals surface area contributed by atoms with E-state index in [0.29, 0.717) is 0 Å². The molecule has 0 bridgehead atoms. The Kier molecular flexibility index (Phi) is 4.76. The monoisotopic (exact) mass is 254 g/mol. The summed E-state index contributed by atoms with van der Waals surface area (Å²) < 4.78 is 0. The van der Waals surface area contributed by atoms with E-state index < -0.39 is 0 Å². The van der Waals surface area contributed by atoms with Crippen molar-refractivity contribution in [3.63, 3.8) is 0 Å². The van der Waals surface area contributed by atoms with Gasteiger partial charge < -0.3 is 10.2 Å². The third kappa shape index (κ3) is 3.40. The van der Waals surface area contributed by atoms with Crippen LogP contribution in [0.3, 0.4) is 0 Å². The van der Waals surface area contributed by atoms with Crippen LogP contribution in [-0.2, 0) is 6.54 Å². The van der Waals surface area contributed by atoms with Gasteiger partial charge in [0.1, 0.15) is 0 Å². The molecular formula is C12H22N4S. The van der Waals surface area contributed by atoms with Crippen LogP contribution in [0, 0.1) is 0 Å². The molecule has 0 radical (unpaired) electrons. The zero-order valence-electron chi connectivity index (χ0n) is 10.8. The van der Waals surface area contributed by atoms with Gasteiger partial charge >= 0.3 is 0 Å². The number of hydrogen-bond donors (Lipinski definition) is 1. The van der Waals surface area contributed by atoms with Crippen molar-refractivity contribution in [1.29, 1.82) is 0 Å². The van der Waals surface area contributed by atoms with Crippen LogP contribution in [0.5, 0.6) is 0 Å². The highest BCUT2D eigenvalue weighted by molar-refractivity contribution is 7.13. The van der Waals surface area contributed by atoms with E-state index in [4.69, 9.17) is 0 Å². The Morgan fingerprint density at radius 3 is 2.76 bits per heavy atom. The van der Waals surface area contributed by atoms with Gasteiger partial charge in [0.2, 0.25) is 0 Å². The van der Waals surface area contributed by atoms with Gasteiger partial charge in [0.25, 0.3) is 0 Å². The summed E-state index contributed by atoms with van der Waals surface area (Å²) in [6.45, 7) is 8.93. The summed E-state index contributed by atoms with van der Waals surface area (Å²) in [6.07, 6.45) is 1.25. The van der Waals surface area contributed by atoms with Gasteiger partial charge in [0.05, 0.1) is 5.69 Å². The van der Waals surface area contributed by atoms with E-state index >= 15 is 0 Å². The second-order valence-corrected chi connectivity index (χ2v) is 5.32. The van der Waals surface area contributed by atoms with E-state index in [1.807, 2.05) is 7.05 Å². The van der Waals surface area contributed by atoms with Gasteiger partial charge in [-0.05, 0) is 20.0 Å². The van der Waals surface area contributed by atoms with Crippen molar-refractivity contribution in [3.8, 4) is 0 Å². The molecule has 1 aliphatic rings. The second-order valence-electron chi connectivity index (χ2n) is 4.48. The van der Waals surface area contributed by atoms with Crippen LogP contribution >= 0.6 is 11.3 Å². The Balaban J connectivity index is 1.86. The Morgan fingerprint density at radius 1 is 1.35 bits per heavy atom. The molecule has 1 saturated heterocycles. The molecule has 0 aromatic carbocycles. The lowest BCUT2D eigenvalue weighted by Gasteiger charge is -2.34. The minimum Gasteiger partial charge on any atom is -0.346 e. The molecule has 1 N–H and O–H groups in total. The van der Waals surface area contributed by atoms with Crippen molar-refractivity contribution in [2.75, 3.05) is 44.7 Å². The van der Waals surface area contributed by atoms with Crippen molar-refractivity contribution in [1.82, 2.24) is 15.2 Å². The summed E-state index contributed by atoms with van der Waals surface area (Å²) in [5.41, 5.74) is 1.16. The summed E-state index contributed by atoms with van der Waals surface area (Å²) >= 11 is 1.77. The van der Waals surface area contributed by atoms with E-state index in [-0.39, 0.29) is 0 Å². The van der Waals surface area contributed by atoms with E-state index in [9.17, 15) is 0 Å².